The summed E-state index contributed by atoms with van der Waals surface area (Å²) in [4.78, 5) is 5.99. The lowest BCUT2D eigenvalue weighted by molar-refractivity contribution is -0.0300. The molecule has 3 heterocycles. The zero-order chi connectivity index (χ0) is 24.3. The van der Waals surface area contributed by atoms with Crippen molar-refractivity contribution in [1.82, 2.24) is 25.4 Å². The first-order chi connectivity index (χ1) is 17.8. The molecule has 0 saturated carbocycles. The molecule has 3 N–H and O–H groups in total. The van der Waals surface area contributed by atoms with Gasteiger partial charge >= 0.3 is 0 Å². The van der Waals surface area contributed by atoms with E-state index in [1.54, 1.807) is 0 Å². The van der Waals surface area contributed by atoms with Crippen molar-refractivity contribution < 1.29 is 4.74 Å². The summed E-state index contributed by atoms with van der Waals surface area (Å²) in [6.07, 6.45) is 0.178. The molecule has 0 amide bonds. The summed E-state index contributed by atoms with van der Waals surface area (Å²) >= 11 is 0. The Kier molecular flexibility index (Phi) is 6.22. The normalized spacial score (nSPS) is 16.5. The van der Waals surface area contributed by atoms with E-state index >= 15 is 0 Å². The van der Waals surface area contributed by atoms with Crippen molar-refractivity contribution >= 4 is 21.8 Å². The van der Waals surface area contributed by atoms with Crippen LogP contribution >= 0.6 is 0 Å². The van der Waals surface area contributed by atoms with Gasteiger partial charge in [0.2, 0.25) is 0 Å². The maximum atomic E-state index is 9.17. The van der Waals surface area contributed by atoms with Gasteiger partial charge in [-0.1, -0.05) is 42.5 Å². The second-order valence-corrected chi connectivity index (χ2v) is 9.35. The van der Waals surface area contributed by atoms with Crippen LogP contribution in [0.25, 0.3) is 33.2 Å². The number of benzene rings is 3. The predicted octanol–water partition coefficient (Wildman–Crippen LogP) is 4.57. The molecule has 1 unspecified atom stereocenters. The van der Waals surface area contributed by atoms with E-state index in [0.29, 0.717) is 5.56 Å². The number of hydrogen-bond donors (Lipinski definition) is 3. The summed E-state index contributed by atoms with van der Waals surface area (Å²) in [5.41, 5.74) is 6.96. The number of hydrogen-bond acceptors (Lipinski definition) is 5. The van der Waals surface area contributed by atoms with Crippen molar-refractivity contribution in [2.24, 2.45) is 0 Å². The molecule has 0 bridgehead atoms. The van der Waals surface area contributed by atoms with Crippen molar-refractivity contribution in [1.29, 1.82) is 5.26 Å². The van der Waals surface area contributed by atoms with Crippen molar-refractivity contribution in [3.8, 4) is 17.5 Å². The van der Waals surface area contributed by atoms with Crippen molar-refractivity contribution in [2.75, 3.05) is 26.2 Å². The van der Waals surface area contributed by atoms with Crippen LogP contribution in [0.15, 0.2) is 72.8 Å². The molecule has 1 atom stereocenters. The molecule has 1 fully saturated rings. The number of nitriles is 1. The summed E-state index contributed by atoms with van der Waals surface area (Å²) in [6, 6.07) is 26.9. The van der Waals surface area contributed by atoms with E-state index in [4.69, 9.17) is 10.00 Å². The van der Waals surface area contributed by atoms with Crippen LogP contribution < -0.4 is 5.32 Å². The minimum absolute atomic E-state index is 0.178. The van der Waals surface area contributed by atoms with E-state index in [0.717, 1.165) is 67.1 Å². The van der Waals surface area contributed by atoms with Gasteiger partial charge in [-0.05, 0) is 41.5 Å². The van der Waals surface area contributed by atoms with Crippen molar-refractivity contribution in [2.45, 2.75) is 19.2 Å². The van der Waals surface area contributed by atoms with Crippen molar-refractivity contribution in [3.05, 3.63) is 89.5 Å². The summed E-state index contributed by atoms with van der Waals surface area (Å²) < 4.78 is 6.04. The molecule has 1 aliphatic heterocycles. The molecule has 0 radical (unpaired) electrons. The fraction of sp³-hybridized carbons (Fsp3) is 0.241. The quantitative estimate of drug-likeness (QED) is 0.320. The molecule has 3 aromatic carbocycles. The summed E-state index contributed by atoms with van der Waals surface area (Å²) in [5.74, 6) is 0. The highest BCUT2D eigenvalue weighted by molar-refractivity contribution is 5.96. The lowest BCUT2D eigenvalue weighted by Crippen LogP contribution is -2.46. The molecular formula is C29H28N6O. The third-order valence-electron chi connectivity index (χ3n) is 6.86. The lowest BCUT2D eigenvalue weighted by Gasteiger charge is -2.33. The highest BCUT2D eigenvalue weighted by Gasteiger charge is 2.20. The average Bonchev–Trinajstić information content (AvgIpc) is 3.53. The highest BCUT2D eigenvalue weighted by Crippen LogP contribution is 2.30. The Balaban J connectivity index is 1.13. The molecule has 0 spiro atoms. The smallest absolute Gasteiger partial charge is 0.116 e. The molecule has 5 aromatic rings. The van der Waals surface area contributed by atoms with Gasteiger partial charge in [-0.2, -0.15) is 10.4 Å². The Hall–Kier alpha value is -3.96. The summed E-state index contributed by atoms with van der Waals surface area (Å²) in [5, 5.41) is 22.5. The SMILES string of the molecule is N#Cc1ccc2c(-c3cc4c(CNCC5CN(Cc6ccccc6)CCO5)cccc4[nH]3)n[nH]c2c1. The third kappa shape index (κ3) is 4.62. The number of ether oxygens (including phenoxy) is 1. The maximum absolute atomic E-state index is 9.17. The summed E-state index contributed by atoms with van der Waals surface area (Å²) in [7, 11) is 0. The van der Waals surface area contributed by atoms with E-state index < -0.39 is 0 Å². The molecule has 180 valence electrons. The number of morpholine rings is 1. The van der Waals surface area contributed by atoms with Gasteiger partial charge < -0.3 is 15.0 Å². The standard InChI is InChI=1S/C29H28N6O/c30-15-21-9-10-24-27(13-21)33-34-29(24)28-14-25-22(7-4-8-26(25)32-28)16-31-17-23-19-35(11-12-36-23)18-20-5-2-1-3-6-20/h1-10,13-14,23,31-32H,11-12,16-19H2,(H,33,34). The Morgan fingerprint density at radius 1 is 1.03 bits per heavy atom. The largest absolute Gasteiger partial charge is 0.374 e. The van der Waals surface area contributed by atoms with Crippen LogP contribution in [-0.2, 0) is 17.8 Å². The van der Waals surface area contributed by atoms with Gasteiger partial charge in [0.1, 0.15) is 5.69 Å². The second-order valence-electron chi connectivity index (χ2n) is 9.35. The Morgan fingerprint density at radius 2 is 1.94 bits per heavy atom. The third-order valence-corrected chi connectivity index (χ3v) is 6.86. The lowest BCUT2D eigenvalue weighted by atomic mass is 10.1. The fourth-order valence-electron chi connectivity index (χ4n) is 5.05. The van der Waals surface area contributed by atoms with E-state index in [1.165, 1.54) is 16.5 Å². The van der Waals surface area contributed by atoms with Crippen LogP contribution in [0.1, 0.15) is 16.7 Å². The first kappa shape index (κ1) is 22.5. The number of H-pyrrole nitrogens is 2. The zero-order valence-electron chi connectivity index (χ0n) is 20.0. The van der Waals surface area contributed by atoms with Crippen LogP contribution in [-0.4, -0.2) is 52.4 Å². The maximum Gasteiger partial charge on any atom is 0.116 e. The predicted molar refractivity (Wildman–Crippen MR) is 141 cm³/mol. The van der Waals surface area contributed by atoms with Crippen molar-refractivity contribution in [3.63, 3.8) is 0 Å². The molecule has 0 aliphatic carbocycles. The molecule has 2 aromatic heterocycles. The molecule has 6 rings (SSSR count). The second kappa shape index (κ2) is 9.96. The molecule has 1 saturated heterocycles. The average molecular weight is 477 g/mol. The van der Waals surface area contributed by atoms with Crippen LogP contribution in [0.5, 0.6) is 0 Å². The Bertz CT molecular complexity index is 1530. The molecule has 7 nitrogen and oxygen atoms in total. The van der Waals surface area contributed by atoms with Gasteiger partial charge in [0.25, 0.3) is 0 Å². The van der Waals surface area contributed by atoms with Gasteiger partial charge in [-0.15, -0.1) is 0 Å². The van der Waals surface area contributed by atoms with Gasteiger partial charge in [0.15, 0.2) is 0 Å². The van der Waals surface area contributed by atoms with E-state index in [1.807, 2.05) is 18.2 Å². The number of rotatable bonds is 7. The topological polar surface area (TPSA) is 92.8 Å². The van der Waals surface area contributed by atoms with Gasteiger partial charge in [0.05, 0.1) is 35.6 Å². The number of nitrogens with zero attached hydrogens (tertiary/aromatic N) is 3. The number of aromatic nitrogens is 3. The van der Waals surface area contributed by atoms with E-state index in [9.17, 15) is 0 Å². The van der Waals surface area contributed by atoms with E-state index in [2.05, 4.69) is 86.1 Å². The van der Waals surface area contributed by atoms with Crippen LogP contribution in [0.4, 0.5) is 0 Å². The van der Waals surface area contributed by atoms with Crippen LogP contribution in [0, 0.1) is 11.3 Å². The summed E-state index contributed by atoms with van der Waals surface area (Å²) in [6.45, 7) is 5.20. The minimum atomic E-state index is 0.178. The molecule has 36 heavy (non-hydrogen) atoms. The number of nitrogens with one attached hydrogen (secondary N) is 3. The van der Waals surface area contributed by atoms with Crippen LogP contribution in [0.3, 0.4) is 0 Å². The fourth-order valence-corrected chi connectivity index (χ4v) is 5.05. The number of aromatic amines is 2. The zero-order valence-corrected chi connectivity index (χ0v) is 20.0. The van der Waals surface area contributed by atoms with Crippen LogP contribution in [0.2, 0.25) is 0 Å². The Labute approximate surface area is 209 Å². The monoisotopic (exact) mass is 476 g/mol. The Morgan fingerprint density at radius 3 is 2.83 bits per heavy atom. The highest BCUT2D eigenvalue weighted by atomic mass is 16.5. The first-order valence-corrected chi connectivity index (χ1v) is 12.3. The first-order valence-electron chi connectivity index (χ1n) is 12.3. The van der Waals surface area contributed by atoms with E-state index in [-0.39, 0.29) is 6.10 Å². The molecule has 7 heteroatoms. The minimum Gasteiger partial charge on any atom is -0.374 e. The molecule has 1 aliphatic rings. The number of fused-ring (bicyclic) bond motifs is 2. The molecular weight excluding hydrogens is 448 g/mol. The van der Waals surface area contributed by atoms with Gasteiger partial charge in [-0.3, -0.25) is 10.00 Å². The van der Waals surface area contributed by atoms with Gasteiger partial charge in [-0.25, -0.2) is 0 Å². The van der Waals surface area contributed by atoms with Gasteiger partial charge in [0, 0.05) is 49.0 Å².